The highest BCUT2D eigenvalue weighted by Gasteiger charge is 2.26. The number of aromatic nitrogens is 4. The molecule has 0 bridgehead atoms. The zero-order valence-electron chi connectivity index (χ0n) is 12.9. The first-order valence-electron chi connectivity index (χ1n) is 7.52. The van der Waals surface area contributed by atoms with E-state index in [9.17, 15) is 4.79 Å². The second kappa shape index (κ2) is 5.76. The number of halogens is 1. The van der Waals surface area contributed by atoms with Crippen molar-refractivity contribution in [2.45, 2.75) is 20.0 Å². The van der Waals surface area contributed by atoms with Crippen LogP contribution in [0.2, 0.25) is 5.02 Å². The summed E-state index contributed by atoms with van der Waals surface area (Å²) in [4.78, 5) is 14.3. The van der Waals surface area contributed by atoms with E-state index < -0.39 is 0 Å². The van der Waals surface area contributed by atoms with Gasteiger partial charge in [0.25, 0.3) is 5.91 Å². The molecule has 0 fully saturated rings. The molecule has 0 atom stereocenters. The number of benzene rings is 1. The van der Waals surface area contributed by atoms with Crippen LogP contribution in [0.3, 0.4) is 0 Å². The summed E-state index contributed by atoms with van der Waals surface area (Å²) in [6, 6.07) is 8.89. The lowest BCUT2D eigenvalue weighted by molar-refractivity contribution is 0.0664. The van der Waals surface area contributed by atoms with Gasteiger partial charge in [-0.3, -0.25) is 4.79 Å². The SMILES string of the molecule is Cc1nnc2n1CCN(C(=O)c1cc(-c3cccc(Cl)c3)no1)C2. The summed E-state index contributed by atoms with van der Waals surface area (Å²) in [7, 11) is 0. The molecule has 1 aromatic carbocycles. The second-order valence-electron chi connectivity index (χ2n) is 5.63. The number of hydrogen-bond acceptors (Lipinski definition) is 5. The fraction of sp³-hybridized carbons (Fsp3) is 0.250. The van der Waals surface area contributed by atoms with Gasteiger partial charge in [-0.1, -0.05) is 28.9 Å². The molecule has 1 aliphatic heterocycles. The Hall–Kier alpha value is -2.67. The molecule has 3 aromatic rings. The number of rotatable bonds is 2. The van der Waals surface area contributed by atoms with E-state index in [1.165, 1.54) is 0 Å². The van der Waals surface area contributed by atoms with E-state index >= 15 is 0 Å². The number of nitrogens with zero attached hydrogens (tertiary/aromatic N) is 5. The van der Waals surface area contributed by atoms with Gasteiger partial charge in [-0.05, 0) is 19.1 Å². The molecule has 3 heterocycles. The number of amides is 1. The predicted octanol–water partition coefficient (Wildman–Crippen LogP) is 2.55. The van der Waals surface area contributed by atoms with Crippen molar-refractivity contribution in [3.05, 3.63) is 52.8 Å². The molecule has 0 N–H and O–H groups in total. The lowest BCUT2D eigenvalue weighted by Gasteiger charge is -2.26. The first-order chi connectivity index (χ1) is 11.6. The van der Waals surface area contributed by atoms with E-state index in [1.807, 2.05) is 23.6 Å². The van der Waals surface area contributed by atoms with Crippen LogP contribution in [0.4, 0.5) is 0 Å². The van der Waals surface area contributed by atoms with Gasteiger partial charge in [-0.2, -0.15) is 0 Å². The minimum atomic E-state index is -0.206. The van der Waals surface area contributed by atoms with Gasteiger partial charge >= 0.3 is 0 Å². The third-order valence-electron chi connectivity index (χ3n) is 4.07. The summed E-state index contributed by atoms with van der Waals surface area (Å²) in [6.45, 7) is 3.57. The largest absolute Gasteiger partial charge is 0.350 e. The first-order valence-corrected chi connectivity index (χ1v) is 7.90. The Bertz CT molecular complexity index is 917. The summed E-state index contributed by atoms with van der Waals surface area (Å²) < 4.78 is 7.26. The number of hydrogen-bond donors (Lipinski definition) is 0. The van der Waals surface area contributed by atoms with Gasteiger partial charge in [0.05, 0.1) is 6.54 Å². The molecule has 0 radical (unpaired) electrons. The maximum atomic E-state index is 12.6. The fourth-order valence-corrected chi connectivity index (χ4v) is 2.98. The summed E-state index contributed by atoms with van der Waals surface area (Å²) in [5.41, 5.74) is 1.39. The van der Waals surface area contributed by atoms with Crippen LogP contribution in [0.5, 0.6) is 0 Å². The number of carbonyl (C=O) groups excluding carboxylic acids is 1. The minimum Gasteiger partial charge on any atom is -0.350 e. The molecule has 4 rings (SSSR count). The van der Waals surface area contributed by atoms with Crippen LogP contribution in [-0.4, -0.2) is 37.3 Å². The van der Waals surface area contributed by atoms with Crippen LogP contribution in [-0.2, 0) is 13.1 Å². The quantitative estimate of drug-likeness (QED) is 0.714. The topological polar surface area (TPSA) is 77.1 Å². The Morgan fingerprint density at radius 3 is 2.96 bits per heavy atom. The van der Waals surface area contributed by atoms with E-state index in [0.29, 0.717) is 30.4 Å². The van der Waals surface area contributed by atoms with Gasteiger partial charge < -0.3 is 14.0 Å². The smallest absolute Gasteiger partial charge is 0.292 e. The maximum Gasteiger partial charge on any atom is 0.292 e. The van der Waals surface area contributed by atoms with Gasteiger partial charge in [0.1, 0.15) is 11.5 Å². The Morgan fingerprint density at radius 1 is 1.25 bits per heavy atom. The van der Waals surface area contributed by atoms with Crippen LogP contribution in [0.1, 0.15) is 22.2 Å². The number of fused-ring (bicyclic) bond motifs is 1. The first kappa shape index (κ1) is 14.9. The van der Waals surface area contributed by atoms with Gasteiger partial charge in [-0.15, -0.1) is 10.2 Å². The lowest BCUT2D eigenvalue weighted by atomic mass is 10.1. The van der Waals surface area contributed by atoms with Crippen molar-refractivity contribution in [1.82, 2.24) is 24.8 Å². The standard InChI is InChI=1S/C16H14ClN5O2/c1-10-18-19-15-9-21(5-6-22(10)15)16(23)14-8-13(20-24-14)11-3-2-4-12(17)7-11/h2-4,7-8H,5-6,9H2,1H3. The fourth-order valence-electron chi connectivity index (χ4n) is 2.79. The van der Waals surface area contributed by atoms with E-state index in [0.717, 1.165) is 17.2 Å². The zero-order valence-corrected chi connectivity index (χ0v) is 13.7. The van der Waals surface area contributed by atoms with Crippen molar-refractivity contribution in [3.8, 4) is 11.3 Å². The van der Waals surface area contributed by atoms with Gasteiger partial charge in [-0.25, -0.2) is 0 Å². The molecule has 0 saturated heterocycles. The Balaban J connectivity index is 1.56. The molecule has 0 spiro atoms. The maximum absolute atomic E-state index is 12.6. The molecule has 1 aliphatic rings. The summed E-state index contributed by atoms with van der Waals surface area (Å²) in [5, 5.41) is 12.7. The van der Waals surface area contributed by atoms with Gasteiger partial charge in [0, 0.05) is 29.7 Å². The Kier molecular flexibility index (Phi) is 3.57. The van der Waals surface area contributed by atoms with E-state index in [-0.39, 0.29) is 11.7 Å². The summed E-state index contributed by atoms with van der Waals surface area (Å²) in [5.74, 6) is 1.64. The van der Waals surface area contributed by atoms with Crippen LogP contribution < -0.4 is 0 Å². The van der Waals surface area contributed by atoms with E-state index in [1.54, 1.807) is 23.1 Å². The molecule has 0 unspecified atom stereocenters. The predicted molar refractivity (Wildman–Crippen MR) is 86.4 cm³/mol. The van der Waals surface area contributed by atoms with Crippen LogP contribution in [0.15, 0.2) is 34.9 Å². The monoisotopic (exact) mass is 343 g/mol. The van der Waals surface area contributed by atoms with Gasteiger partial charge in [0.15, 0.2) is 5.82 Å². The van der Waals surface area contributed by atoms with Crippen LogP contribution in [0, 0.1) is 6.92 Å². The second-order valence-corrected chi connectivity index (χ2v) is 6.06. The lowest BCUT2D eigenvalue weighted by Crippen LogP contribution is -2.38. The zero-order chi connectivity index (χ0) is 16.7. The van der Waals surface area contributed by atoms with E-state index in [4.69, 9.17) is 16.1 Å². The average molecular weight is 344 g/mol. The minimum absolute atomic E-state index is 0.203. The van der Waals surface area contributed by atoms with Crippen molar-refractivity contribution in [2.24, 2.45) is 0 Å². The van der Waals surface area contributed by atoms with E-state index in [2.05, 4.69) is 15.4 Å². The summed E-state index contributed by atoms with van der Waals surface area (Å²) >= 11 is 5.99. The Morgan fingerprint density at radius 2 is 2.12 bits per heavy atom. The third kappa shape index (κ3) is 2.56. The molecule has 24 heavy (non-hydrogen) atoms. The van der Waals surface area contributed by atoms with Crippen molar-refractivity contribution in [2.75, 3.05) is 6.54 Å². The van der Waals surface area contributed by atoms with Crippen LogP contribution in [0.25, 0.3) is 11.3 Å². The van der Waals surface area contributed by atoms with Crippen molar-refractivity contribution >= 4 is 17.5 Å². The molecule has 0 saturated carbocycles. The number of aryl methyl sites for hydroxylation is 1. The number of carbonyl (C=O) groups is 1. The van der Waals surface area contributed by atoms with Crippen LogP contribution >= 0.6 is 11.6 Å². The molecule has 2 aromatic heterocycles. The molecule has 0 aliphatic carbocycles. The third-order valence-corrected chi connectivity index (χ3v) is 4.30. The highest BCUT2D eigenvalue weighted by Crippen LogP contribution is 2.23. The molecule has 1 amide bonds. The summed E-state index contributed by atoms with van der Waals surface area (Å²) in [6.07, 6.45) is 0. The Labute approximate surface area is 142 Å². The molecular formula is C16H14ClN5O2. The highest BCUT2D eigenvalue weighted by molar-refractivity contribution is 6.30. The molecular weight excluding hydrogens is 330 g/mol. The van der Waals surface area contributed by atoms with Gasteiger partial charge in [0.2, 0.25) is 5.76 Å². The molecule has 122 valence electrons. The highest BCUT2D eigenvalue weighted by atomic mass is 35.5. The average Bonchev–Trinajstić information content (AvgIpc) is 3.21. The normalized spacial score (nSPS) is 13.8. The van der Waals surface area contributed by atoms with Crippen molar-refractivity contribution in [3.63, 3.8) is 0 Å². The van der Waals surface area contributed by atoms with Crippen molar-refractivity contribution in [1.29, 1.82) is 0 Å². The van der Waals surface area contributed by atoms with Crippen molar-refractivity contribution < 1.29 is 9.32 Å². The molecule has 7 nitrogen and oxygen atoms in total. The molecule has 8 heteroatoms.